The highest BCUT2D eigenvalue weighted by atomic mass is 79.9. The van der Waals surface area contributed by atoms with E-state index in [1.807, 2.05) is 36.4 Å². The molecule has 0 radical (unpaired) electrons. The number of carbonyl (C=O) groups is 2. The molecule has 0 N–H and O–H groups in total. The third-order valence-corrected chi connectivity index (χ3v) is 5.93. The molecule has 0 bridgehead atoms. The lowest BCUT2D eigenvalue weighted by Crippen LogP contribution is -2.29. The fourth-order valence-electron chi connectivity index (χ4n) is 2.74. The first kappa shape index (κ1) is 21.9. The van der Waals surface area contributed by atoms with Gasteiger partial charge in [-0.15, -0.1) is 0 Å². The van der Waals surface area contributed by atoms with E-state index in [-0.39, 0.29) is 11.1 Å². The van der Waals surface area contributed by atoms with E-state index >= 15 is 0 Å². The Hall–Kier alpha value is -1.80. The Morgan fingerprint density at radius 3 is 2.66 bits per heavy atom. The number of hydrogen-bond donors (Lipinski definition) is 0. The number of thioether (sulfide) groups is 1. The summed E-state index contributed by atoms with van der Waals surface area (Å²) >= 11 is 10.8. The zero-order valence-corrected chi connectivity index (χ0v) is 18.9. The van der Waals surface area contributed by atoms with Crippen LogP contribution in [0, 0.1) is 0 Å². The zero-order valence-electron chi connectivity index (χ0n) is 15.7. The number of carbonyl (C=O) groups excluding carboxylic acids is 2. The molecule has 1 heterocycles. The van der Waals surface area contributed by atoms with Gasteiger partial charge in [0.1, 0.15) is 6.61 Å². The van der Waals surface area contributed by atoms with Crippen LogP contribution < -0.4 is 4.74 Å². The van der Waals surface area contributed by atoms with Crippen molar-refractivity contribution < 1.29 is 19.1 Å². The van der Waals surface area contributed by atoms with Crippen LogP contribution in [0.5, 0.6) is 5.75 Å². The Balaban J connectivity index is 1.73. The highest BCUT2D eigenvalue weighted by Gasteiger charge is 2.34. The lowest BCUT2D eigenvalue weighted by atomic mass is 10.2. The average Bonchev–Trinajstić information content (AvgIpc) is 2.95. The van der Waals surface area contributed by atoms with Gasteiger partial charge in [0, 0.05) is 20.3 Å². The molecule has 5 nitrogen and oxygen atoms in total. The topological polar surface area (TPSA) is 55.8 Å². The molecular formula is C21H19BrClNO4S. The minimum atomic E-state index is -0.298. The van der Waals surface area contributed by atoms with Crippen molar-refractivity contribution in [3.63, 3.8) is 0 Å². The van der Waals surface area contributed by atoms with Gasteiger partial charge in [-0.25, -0.2) is 0 Å². The van der Waals surface area contributed by atoms with E-state index in [9.17, 15) is 9.59 Å². The first-order valence-corrected chi connectivity index (χ1v) is 10.9. The molecule has 1 aliphatic rings. The molecule has 1 aliphatic heterocycles. The summed E-state index contributed by atoms with van der Waals surface area (Å²) in [5.41, 5.74) is 1.73. The van der Waals surface area contributed by atoms with E-state index in [2.05, 4.69) is 15.9 Å². The van der Waals surface area contributed by atoms with Gasteiger partial charge in [-0.2, -0.15) is 0 Å². The number of nitrogens with zero attached hydrogens (tertiary/aromatic N) is 1. The highest BCUT2D eigenvalue weighted by molar-refractivity contribution is 9.10. The molecule has 29 heavy (non-hydrogen) atoms. The molecule has 2 amide bonds. The maximum atomic E-state index is 12.5. The van der Waals surface area contributed by atoms with Crippen LogP contribution in [0.2, 0.25) is 5.02 Å². The maximum Gasteiger partial charge on any atom is 0.293 e. The minimum Gasteiger partial charge on any atom is -0.486 e. The first-order valence-electron chi connectivity index (χ1n) is 8.89. The molecule has 1 fully saturated rings. The fourth-order valence-corrected chi connectivity index (χ4v) is 4.60. The zero-order chi connectivity index (χ0) is 20.8. The van der Waals surface area contributed by atoms with E-state index in [1.54, 1.807) is 19.3 Å². The molecule has 0 spiro atoms. The largest absolute Gasteiger partial charge is 0.486 e. The van der Waals surface area contributed by atoms with Crippen LogP contribution in [0.4, 0.5) is 4.79 Å². The third kappa shape index (κ3) is 5.63. The Morgan fingerprint density at radius 1 is 1.21 bits per heavy atom. The van der Waals surface area contributed by atoms with Gasteiger partial charge in [-0.3, -0.25) is 14.5 Å². The van der Waals surface area contributed by atoms with E-state index < -0.39 is 0 Å². The first-order chi connectivity index (χ1) is 14.0. The summed E-state index contributed by atoms with van der Waals surface area (Å²) < 4.78 is 11.5. The molecule has 8 heteroatoms. The van der Waals surface area contributed by atoms with Crippen molar-refractivity contribution in [3.05, 3.63) is 68.0 Å². The van der Waals surface area contributed by atoms with Crippen molar-refractivity contribution in [3.8, 4) is 5.75 Å². The number of rotatable bonds is 8. The number of imide groups is 1. The van der Waals surface area contributed by atoms with Crippen LogP contribution >= 0.6 is 39.3 Å². The van der Waals surface area contributed by atoms with Crippen LogP contribution in [-0.4, -0.2) is 36.3 Å². The van der Waals surface area contributed by atoms with E-state index in [0.717, 1.165) is 17.3 Å². The van der Waals surface area contributed by atoms with Gasteiger partial charge in [0.25, 0.3) is 11.1 Å². The number of halogens is 2. The summed E-state index contributed by atoms with van der Waals surface area (Å²) in [7, 11) is 1.59. The smallest absolute Gasteiger partial charge is 0.293 e. The van der Waals surface area contributed by atoms with Crippen LogP contribution in [0.1, 0.15) is 17.5 Å². The SMILES string of the molecule is COCCCN1C(=O)S/C(=C/c2cc(Cl)c(OCc3ccccc3)c(Br)c2)C1=O. The Morgan fingerprint density at radius 2 is 1.97 bits per heavy atom. The molecular weight excluding hydrogens is 478 g/mol. The molecule has 1 saturated heterocycles. The summed E-state index contributed by atoms with van der Waals surface area (Å²) in [6.07, 6.45) is 2.27. The molecule has 0 saturated carbocycles. The summed E-state index contributed by atoms with van der Waals surface area (Å²) in [6, 6.07) is 13.3. The predicted molar refractivity (Wildman–Crippen MR) is 119 cm³/mol. The second kappa shape index (κ2) is 10.3. The van der Waals surface area contributed by atoms with Crippen molar-refractivity contribution in [2.75, 3.05) is 20.3 Å². The van der Waals surface area contributed by atoms with Crippen molar-refractivity contribution in [2.45, 2.75) is 13.0 Å². The Kier molecular flexibility index (Phi) is 7.77. The van der Waals surface area contributed by atoms with Crippen molar-refractivity contribution in [1.82, 2.24) is 4.90 Å². The molecule has 0 atom stereocenters. The van der Waals surface area contributed by atoms with Crippen LogP contribution in [0.15, 0.2) is 51.8 Å². The van der Waals surface area contributed by atoms with Gasteiger partial charge in [0.15, 0.2) is 5.75 Å². The minimum absolute atomic E-state index is 0.273. The number of methoxy groups -OCH3 is 1. The van der Waals surface area contributed by atoms with Crippen LogP contribution in [0.3, 0.4) is 0 Å². The van der Waals surface area contributed by atoms with Gasteiger partial charge in [0.05, 0.1) is 14.4 Å². The Labute approximate surface area is 187 Å². The second-order valence-electron chi connectivity index (χ2n) is 6.27. The van der Waals surface area contributed by atoms with Crippen LogP contribution in [-0.2, 0) is 16.1 Å². The summed E-state index contributed by atoms with van der Waals surface area (Å²) in [4.78, 5) is 26.2. The fraction of sp³-hybridized carbons (Fsp3) is 0.238. The quantitative estimate of drug-likeness (QED) is 0.344. The van der Waals surface area contributed by atoms with E-state index in [0.29, 0.717) is 51.9 Å². The predicted octanol–water partition coefficient (Wildman–Crippen LogP) is 5.75. The molecule has 152 valence electrons. The van der Waals surface area contributed by atoms with Gasteiger partial charge in [-0.1, -0.05) is 41.9 Å². The van der Waals surface area contributed by atoms with E-state index in [4.69, 9.17) is 21.1 Å². The van der Waals surface area contributed by atoms with Crippen LogP contribution in [0.25, 0.3) is 6.08 Å². The molecule has 2 aromatic rings. The van der Waals surface area contributed by atoms with Crippen molar-refractivity contribution >= 4 is 56.5 Å². The number of amides is 2. The monoisotopic (exact) mass is 495 g/mol. The van der Waals surface area contributed by atoms with Gasteiger partial charge >= 0.3 is 0 Å². The lowest BCUT2D eigenvalue weighted by Gasteiger charge is -2.12. The second-order valence-corrected chi connectivity index (χ2v) is 8.52. The van der Waals surface area contributed by atoms with Gasteiger partial charge in [-0.05, 0) is 63.4 Å². The maximum absolute atomic E-state index is 12.5. The van der Waals surface area contributed by atoms with Crippen molar-refractivity contribution in [1.29, 1.82) is 0 Å². The molecule has 3 rings (SSSR count). The average molecular weight is 497 g/mol. The number of ether oxygens (including phenoxy) is 2. The molecule has 0 aromatic heterocycles. The third-order valence-electron chi connectivity index (χ3n) is 4.15. The number of hydrogen-bond acceptors (Lipinski definition) is 5. The lowest BCUT2D eigenvalue weighted by molar-refractivity contribution is -0.122. The molecule has 2 aromatic carbocycles. The summed E-state index contributed by atoms with van der Waals surface area (Å²) in [5.74, 6) is 0.230. The number of benzene rings is 2. The van der Waals surface area contributed by atoms with E-state index in [1.165, 1.54) is 4.90 Å². The van der Waals surface area contributed by atoms with Gasteiger partial charge < -0.3 is 9.47 Å². The highest BCUT2D eigenvalue weighted by Crippen LogP contribution is 2.38. The summed E-state index contributed by atoms with van der Waals surface area (Å²) in [6.45, 7) is 1.22. The van der Waals surface area contributed by atoms with Gasteiger partial charge in [0.2, 0.25) is 0 Å². The molecule has 0 unspecified atom stereocenters. The standard InChI is InChI=1S/C21H19BrClNO4S/c1-27-9-5-8-24-20(25)18(29-21(24)26)12-15-10-16(22)19(17(23)11-15)28-13-14-6-3-2-4-7-14/h2-4,6-7,10-12H,5,8-9,13H2,1H3/b18-12+. The molecule has 0 aliphatic carbocycles. The Bertz CT molecular complexity index is 913. The van der Waals surface area contributed by atoms with Crippen molar-refractivity contribution in [2.24, 2.45) is 0 Å². The summed E-state index contributed by atoms with van der Waals surface area (Å²) in [5, 5.41) is 0.145. The normalized spacial score (nSPS) is 15.4.